The number of carbonyl (C=O) groups is 1. The lowest BCUT2D eigenvalue weighted by molar-refractivity contribution is 0.0945. The number of aromatic nitrogens is 2. The van der Waals surface area contributed by atoms with Crippen molar-refractivity contribution in [3.63, 3.8) is 0 Å². The van der Waals surface area contributed by atoms with Crippen molar-refractivity contribution >= 4 is 11.7 Å². The first-order chi connectivity index (χ1) is 10.6. The van der Waals surface area contributed by atoms with Crippen LogP contribution in [-0.2, 0) is 6.54 Å². The van der Waals surface area contributed by atoms with Crippen LogP contribution in [-0.4, -0.2) is 22.4 Å². The Kier molecular flexibility index (Phi) is 5.25. The smallest absolute Gasteiger partial charge is 0.270 e. The quantitative estimate of drug-likeness (QED) is 0.804. The van der Waals surface area contributed by atoms with Crippen molar-refractivity contribution in [2.75, 3.05) is 11.9 Å². The number of nitrogens with one attached hydrogen (secondary N) is 2. The van der Waals surface area contributed by atoms with Crippen LogP contribution in [0.2, 0.25) is 0 Å². The first-order valence-electron chi connectivity index (χ1n) is 7.12. The highest BCUT2D eigenvalue weighted by Crippen LogP contribution is 2.08. The van der Waals surface area contributed by atoms with E-state index < -0.39 is 0 Å². The number of nitrogens with zero attached hydrogens (tertiary/aromatic N) is 2. The van der Waals surface area contributed by atoms with E-state index in [1.807, 2.05) is 31.2 Å². The lowest BCUT2D eigenvalue weighted by Crippen LogP contribution is -2.24. The zero-order valence-electron chi connectivity index (χ0n) is 12.9. The van der Waals surface area contributed by atoms with Gasteiger partial charge in [0, 0.05) is 19.2 Å². The molecule has 5 nitrogen and oxygen atoms in total. The molecular weight excluding hydrogens is 276 g/mol. The molecule has 0 bridgehead atoms. The summed E-state index contributed by atoms with van der Waals surface area (Å²) in [5, 5.41) is 5.94. The van der Waals surface area contributed by atoms with Gasteiger partial charge in [-0.2, -0.15) is 0 Å². The van der Waals surface area contributed by atoms with E-state index in [1.165, 1.54) is 5.56 Å². The number of rotatable bonds is 6. The molecule has 0 radical (unpaired) electrons. The van der Waals surface area contributed by atoms with Gasteiger partial charge in [0.1, 0.15) is 17.3 Å². The molecule has 0 aliphatic heterocycles. The Morgan fingerprint density at radius 1 is 1.27 bits per heavy atom. The normalized spacial score (nSPS) is 10.1. The third-order valence-electron chi connectivity index (χ3n) is 3.03. The van der Waals surface area contributed by atoms with E-state index in [0.717, 1.165) is 5.56 Å². The molecule has 2 aromatic rings. The highest BCUT2D eigenvalue weighted by atomic mass is 16.1. The van der Waals surface area contributed by atoms with Crippen LogP contribution in [0.25, 0.3) is 0 Å². The molecule has 5 heteroatoms. The summed E-state index contributed by atoms with van der Waals surface area (Å²) in [6.45, 7) is 8.48. The summed E-state index contributed by atoms with van der Waals surface area (Å²) in [6.07, 6.45) is 1.73. The molecule has 0 unspecified atom stereocenters. The molecule has 22 heavy (non-hydrogen) atoms. The standard InChI is InChI=1S/C17H20N4O/c1-4-8-18-16-10-15(20-13(3)21-16)17(22)19-11-14-7-5-6-12(2)9-14/h4-7,9-10H,1,8,11H2,2-3H3,(H,19,22)(H,18,20,21). The SMILES string of the molecule is C=CCNc1cc(C(=O)NCc2cccc(C)c2)nc(C)n1. The third kappa shape index (κ3) is 4.41. The first-order valence-corrected chi connectivity index (χ1v) is 7.12. The van der Waals surface area contributed by atoms with Crippen LogP contribution < -0.4 is 10.6 Å². The van der Waals surface area contributed by atoms with Crippen molar-refractivity contribution in [3.8, 4) is 0 Å². The average Bonchev–Trinajstić information content (AvgIpc) is 2.50. The van der Waals surface area contributed by atoms with E-state index >= 15 is 0 Å². The maximum Gasteiger partial charge on any atom is 0.270 e. The molecule has 1 amide bonds. The molecule has 0 aliphatic rings. The van der Waals surface area contributed by atoms with Gasteiger partial charge >= 0.3 is 0 Å². The van der Waals surface area contributed by atoms with Crippen LogP contribution in [0.15, 0.2) is 43.0 Å². The minimum absolute atomic E-state index is 0.214. The Hall–Kier alpha value is -2.69. The molecule has 0 saturated heterocycles. The number of carbonyl (C=O) groups excluding carboxylic acids is 1. The van der Waals surface area contributed by atoms with Crippen molar-refractivity contribution in [1.82, 2.24) is 15.3 Å². The molecule has 2 rings (SSSR count). The van der Waals surface area contributed by atoms with Gasteiger partial charge in [0.05, 0.1) is 0 Å². The molecule has 0 aliphatic carbocycles. The number of hydrogen-bond donors (Lipinski definition) is 2. The van der Waals surface area contributed by atoms with Crippen LogP contribution in [0.1, 0.15) is 27.4 Å². The number of aryl methyl sites for hydroxylation is 2. The molecule has 0 saturated carbocycles. The number of benzene rings is 1. The van der Waals surface area contributed by atoms with Gasteiger partial charge in [-0.25, -0.2) is 9.97 Å². The monoisotopic (exact) mass is 296 g/mol. The lowest BCUT2D eigenvalue weighted by atomic mass is 10.1. The predicted octanol–water partition coefficient (Wildman–Crippen LogP) is 2.62. The molecule has 1 aromatic carbocycles. The van der Waals surface area contributed by atoms with E-state index in [9.17, 15) is 4.79 Å². The topological polar surface area (TPSA) is 66.9 Å². The minimum atomic E-state index is -0.214. The largest absolute Gasteiger partial charge is 0.366 e. The molecule has 1 aromatic heterocycles. The lowest BCUT2D eigenvalue weighted by Gasteiger charge is -2.08. The van der Waals surface area contributed by atoms with Crippen molar-refractivity contribution in [2.45, 2.75) is 20.4 Å². The number of amides is 1. The van der Waals surface area contributed by atoms with Gasteiger partial charge in [0.15, 0.2) is 0 Å². The van der Waals surface area contributed by atoms with E-state index in [0.29, 0.717) is 30.4 Å². The van der Waals surface area contributed by atoms with E-state index in [2.05, 4.69) is 27.2 Å². The van der Waals surface area contributed by atoms with Crippen LogP contribution in [0.4, 0.5) is 5.82 Å². The minimum Gasteiger partial charge on any atom is -0.366 e. The predicted molar refractivity (Wildman–Crippen MR) is 87.8 cm³/mol. The Labute approximate surface area is 130 Å². The Morgan fingerprint density at radius 2 is 2.09 bits per heavy atom. The second-order valence-electron chi connectivity index (χ2n) is 5.03. The third-order valence-corrected chi connectivity index (χ3v) is 3.03. The van der Waals surface area contributed by atoms with Crippen LogP contribution in [0.5, 0.6) is 0 Å². The molecule has 0 spiro atoms. The van der Waals surface area contributed by atoms with E-state index in [4.69, 9.17) is 0 Å². The summed E-state index contributed by atoms with van der Waals surface area (Å²) >= 11 is 0. The maximum absolute atomic E-state index is 12.2. The maximum atomic E-state index is 12.2. The Bertz CT molecular complexity index is 682. The zero-order chi connectivity index (χ0) is 15.9. The van der Waals surface area contributed by atoms with Crippen molar-refractivity contribution in [3.05, 3.63) is 65.6 Å². The van der Waals surface area contributed by atoms with Gasteiger partial charge < -0.3 is 10.6 Å². The summed E-state index contributed by atoms with van der Waals surface area (Å²) in [7, 11) is 0. The van der Waals surface area contributed by atoms with Gasteiger partial charge in [-0.05, 0) is 19.4 Å². The van der Waals surface area contributed by atoms with Gasteiger partial charge in [0.2, 0.25) is 0 Å². The second-order valence-corrected chi connectivity index (χ2v) is 5.03. The summed E-state index contributed by atoms with van der Waals surface area (Å²) in [5.41, 5.74) is 2.58. The fourth-order valence-corrected chi connectivity index (χ4v) is 2.05. The summed E-state index contributed by atoms with van der Waals surface area (Å²) < 4.78 is 0. The zero-order valence-corrected chi connectivity index (χ0v) is 12.9. The summed E-state index contributed by atoms with van der Waals surface area (Å²) in [5.74, 6) is 0.955. The highest BCUT2D eigenvalue weighted by Gasteiger charge is 2.10. The van der Waals surface area contributed by atoms with Gasteiger partial charge in [-0.3, -0.25) is 4.79 Å². The fourth-order valence-electron chi connectivity index (χ4n) is 2.05. The van der Waals surface area contributed by atoms with Gasteiger partial charge in [-0.1, -0.05) is 35.9 Å². The molecule has 0 fully saturated rings. The van der Waals surface area contributed by atoms with Gasteiger partial charge in [-0.15, -0.1) is 6.58 Å². The summed E-state index contributed by atoms with van der Waals surface area (Å²) in [6, 6.07) is 9.67. The molecule has 1 heterocycles. The van der Waals surface area contributed by atoms with Crippen LogP contribution >= 0.6 is 0 Å². The van der Waals surface area contributed by atoms with Crippen molar-refractivity contribution in [1.29, 1.82) is 0 Å². The van der Waals surface area contributed by atoms with Crippen LogP contribution in [0, 0.1) is 13.8 Å². The summed E-state index contributed by atoms with van der Waals surface area (Å²) in [4.78, 5) is 20.6. The second kappa shape index (κ2) is 7.36. The van der Waals surface area contributed by atoms with Crippen molar-refractivity contribution in [2.24, 2.45) is 0 Å². The highest BCUT2D eigenvalue weighted by molar-refractivity contribution is 5.92. The fraction of sp³-hybridized carbons (Fsp3) is 0.235. The average molecular weight is 296 g/mol. The Balaban J connectivity index is 2.05. The number of anilines is 1. The number of hydrogen-bond acceptors (Lipinski definition) is 4. The van der Waals surface area contributed by atoms with Crippen LogP contribution in [0.3, 0.4) is 0 Å². The molecule has 0 atom stereocenters. The van der Waals surface area contributed by atoms with Crippen molar-refractivity contribution < 1.29 is 4.79 Å². The first kappa shape index (κ1) is 15.7. The van der Waals surface area contributed by atoms with E-state index in [1.54, 1.807) is 19.1 Å². The molecule has 2 N–H and O–H groups in total. The Morgan fingerprint density at radius 3 is 2.82 bits per heavy atom. The molecular formula is C17H20N4O. The van der Waals surface area contributed by atoms with Gasteiger partial charge in [0.25, 0.3) is 5.91 Å². The molecule has 114 valence electrons. The van der Waals surface area contributed by atoms with E-state index in [-0.39, 0.29) is 5.91 Å².